The lowest BCUT2D eigenvalue weighted by Crippen LogP contribution is -1.95. The number of nitrogens with zero attached hydrogens (tertiary/aromatic N) is 2. The van der Waals surface area contributed by atoms with Gasteiger partial charge in [0.2, 0.25) is 0 Å². The fourth-order valence-electron chi connectivity index (χ4n) is 9.02. The van der Waals surface area contributed by atoms with E-state index in [1.54, 1.807) is 0 Å². The number of hydrogen-bond acceptors (Lipinski definition) is 1. The van der Waals surface area contributed by atoms with Crippen molar-refractivity contribution in [3.8, 4) is 33.6 Å². The van der Waals surface area contributed by atoms with E-state index < -0.39 is 0 Å². The predicted molar refractivity (Wildman–Crippen MR) is 236 cm³/mol. The lowest BCUT2D eigenvalue weighted by Gasteiger charge is -2.12. The maximum absolute atomic E-state index is 2.53. The van der Waals surface area contributed by atoms with E-state index in [2.05, 4.69) is 203 Å². The monoisotopic (exact) mass is 716 g/mol. The summed E-state index contributed by atoms with van der Waals surface area (Å²) in [5.74, 6) is 0. The normalized spacial score (nSPS) is 12.0. The minimum absolute atomic E-state index is 1.16. The van der Waals surface area contributed by atoms with E-state index in [0.29, 0.717) is 0 Å². The summed E-state index contributed by atoms with van der Waals surface area (Å²) in [6.45, 7) is 0. The van der Waals surface area contributed by atoms with Crippen molar-refractivity contribution in [2.45, 2.75) is 0 Å². The van der Waals surface area contributed by atoms with Crippen LogP contribution in [0.5, 0.6) is 0 Å². The lowest BCUT2D eigenvalue weighted by atomic mass is 9.99. The molecule has 0 bridgehead atoms. The van der Waals surface area contributed by atoms with Gasteiger partial charge in [-0.25, -0.2) is 0 Å². The average molecular weight is 717 g/mol. The molecule has 0 saturated heterocycles. The molecule has 0 fully saturated rings. The number of rotatable bonds is 4. The van der Waals surface area contributed by atoms with Gasteiger partial charge in [-0.15, -0.1) is 11.3 Å². The standard InChI is InChI=1S/C52H32N2S/c1-3-12-33(13-4-1)37-23-26-40-43-30-35(24-28-45(43)53(48(40)32-37)38-15-5-2-6-16-38)36-25-29-46-44(31-36)41-27-22-34-14-7-8-17-39(34)52(41)54(46)47-19-11-21-50-51(47)42-18-9-10-20-49(42)55-50/h1-32H. The van der Waals surface area contributed by atoms with Crippen molar-refractivity contribution in [1.29, 1.82) is 0 Å². The second-order valence-corrected chi connectivity index (χ2v) is 15.6. The van der Waals surface area contributed by atoms with Crippen LogP contribution in [0, 0.1) is 0 Å². The largest absolute Gasteiger partial charge is 0.309 e. The van der Waals surface area contributed by atoms with Gasteiger partial charge in [-0.2, -0.15) is 0 Å². The Kier molecular flexibility index (Phi) is 6.54. The Balaban J connectivity index is 1.11. The second-order valence-electron chi connectivity index (χ2n) is 14.5. The Morgan fingerprint density at radius 3 is 1.76 bits per heavy atom. The SMILES string of the molecule is c1ccc(-c2ccc3c4cc(-c5ccc6c(c5)c5ccc7ccccc7c5n6-c5cccc6sc7ccccc7c56)ccc4n(-c4ccccc4)c3c2)cc1. The fourth-order valence-corrected chi connectivity index (χ4v) is 10.1. The highest BCUT2D eigenvalue weighted by Crippen LogP contribution is 2.44. The van der Waals surface area contributed by atoms with Gasteiger partial charge < -0.3 is 9.13 Å². The first-order valence-electron chi connectivity index (χ1n) is 18.8. The zero-order valence-corrected chi connectivity index (χ0v) is 30.6. The molecule has 0 aliphatic heterocycles. The predicted octanol–water partition coefficient (Wildman–Crippen LogP) is 14.7. The van der Waals surface area contributed by atoms with Crippen LogP contribution in [-0.4, -0.2) is 9.13 Å². The van der Waals surface area contributed by atoms with Gasteiger partial charge >= 0.3 is 0 Å². The Bertz CT molecular complexity index is 3470. The van der Waals surface area contributed by atoms with Crippen LogP contribution in [0.25, 0.3) is 108 Å². The van der Waals surface area contributed by atoms with Gasteiger partial charge in [0.25, 0.3) is 0 Å². The van der Waals surface area contributed by atoms with Crippen molar-refractivity contribution in [2.24, 2.45) is 0 Å². The molecule has 0 aliphatic rings. The topological polar surface area (TPSA) is 9.86 Å². The first-order valence-corrected chi connectivity index (χ1v) is 19.7. The number of benzene rings is 9. The number of thiophene rings is 1. The highest BCUT2D eigenvalue weighted by molar-refractivity contribution is 7.25. The second kappa shape index (κ2) is 11.8. The quantitative estimate of drug-likeness (QED) is 0.172. The van der Waals surface area contributed by atoms with Gasteiger partial charge in [0.05, 0.1) is 27.8 Å². The molecule has 0 atom stereocenters. The summed E-state index contributed by atoms with van der Waals surface area (Å²) in [6.07, 6.45) is 0. The molecule has 256 valence electrons. The van der Waals surface area contributed by atoms with Crippen LogP contribution < -0.4 is 0 Å². The molecular weight excluding hydrogens is 685 g/mol. The van der Waals surface area contributed by atoms with Crippen LogP contribution in [0.4, 0.5) is 0 Å². The number of hydrogen-bond donors (Lipinski definition) is 0. The molecule has 12 rings (SSSR count). The van der Waals surface area contributed by atoms with Crippen LogP contribution in [0.2, 0.25) is 0 Å². The summed E-state index contributed by atoms with van der Waals surface area (Å²) < 4.78 is 7.57. The molecule has 55 heavy (non-hydrogen) atoms. The minimum Gasteiger partial charge on any atom is -0.309 e. The van der Waals surface area contributed by atoms with E-state index >= 15 is 0 Å². The summed E-state index contributed by atoms with van der Waals surface area (Å²) in [7, 11) is 0. The van der Waals surface area contributed by atoms with E-state index in [-0.39, 0.29) is 0 Å². The number of para-hydroxylation sites is 1. The molecule has 2 nitrogen and oxygen atoms in total. The fraction of sp³-hybridized carbons (Fsp3) is 0. The third kappa shape index (κ3) is 4.54. The molecule has 3 heterocycles. The minimum atomic E-state index is 1.16. The Morgan fingerprint density at radius 1 is 0.327 bits per heavy atom. The Labute approximate surface area is 321 Å². The third-order valence-electron chi connectivity index (χ3n) is 11.5. The number of aromatic nitrogens is 2. The van der Waals surface area contributed by atoms with E-state index in [0.717, 1.165) is 5.69 Å². The zero-order chi connectivity index (χ0) is 36.0. The van der Waals surface area contributed by atoms with Crippen molar-refractivity contribution in [3.63, 3.8) is 0 Å². The van der Waals surface area contributed by atoms with Crippen molar-refractivity contribution in [2.75, 3.05) is 0 Å². The molecule has 0 radical (unpaired) electrons. The van der Waals surface area contributed by atoms with Gasteiger partial charge in [0.1, 0.15) is 0 Å². The average Bonchev–Trinajstić information content (AvgIpc) is 3.91. The van der Waals surface area contributed by atoms with Gasteiger partial charge in [-0.3, -0.25) is 0 Å². The summed E-state index contributed by atoms with van der Waals surface area (Å²) in [4.78, 5) is 0. The Morgan fingerprint density at radius 2 is 0.945 bits per heavy atom. The van der Waals surface area contributed by atoms with Crippen molar-refractivity contribution in [3.05, 3.63) is 194 Å². The van der Waals surface area contributed by atoms with E-state index in [1.807, 2.05) is 11.3 Å². The van der Waals surface area contributed by atoms with Crippen LogP contribution in [0.1, 0.15) is 0 Å². The summed E-state index contributed by atoms with van der Waals surface area (Å²) in [6, 6.07) is 71.4. The van der Waals surface area contributed by atoms with Gasteiger partial charge in [-0.1, -0.05) is 133 Å². The molecule has 9 aromatic carbocycles. The molecule has 0 saturated carbocycles. The van der Waals surface area contributed by atoms with E-state index in [1.165, 1.54) is 102 Å². The first kappa shape index (κ1) is 30.5. The van der Waals surface area contributed by atoms with Crippen molar-refractivity contribution < 1.29 is 0 Å². The van der Waals surface area contributed by atoms with Crippen LogP contribution in [-0.2, 0) is 0 Å². The van der Waals surface area contributed by atoms with E-state index in [9.17, 15) is 0 Å². The molecule has 0 unspecified atom stereocenters. The highest BCUT2D eigenvalue weighted by Gasteiger charge is 2.20. The Hall–Kier alpha value is -6.94. The van der Waals surface area contributed by atoms with Crippen molar-refractivity contribution >= 4 is 85.9 Å². The highest BCUT2D eigenvalue weighted by atomic mass is 32.1. The zero-order valence-electron chi connectivity index (χ0n) is 29.8. The van der Waals surface area contributed by atoms with E-state index in [4.69, 9.17) is 0 Å². The molecule has 3 heteroatoms. The summed E-state index contributed by atoms with van der Waals surface area (Å²) >= 11 is 1.87. The number of fused-ring (bicyclic) bond motifs is 11. The smallest absolute Gasteiger partial charge is 0.0619 e. The molecule has 12 aromatic rings. The molecule has 0 amide bonds. The maximum atomic E-state index is 2.53. The summed E-state index contributed by atoms with van der Waals surface area (Å²) in [5, 5.41) is 10.2. The first-order chi connectivity index (χ1) is 27.3. The van der Waals surface area contributed by atoms with Gasteiger partial charge in [0.15, 0.2) is 0 Å². The van der Waals surface area contributed by atoms with Crippen LogP contribution >= 0.6 is 11.3 Å². The van der Waals surface area contributed by atoms with Gasteiger partial charge in [0, 0.05) is 52.8 Å². The van der Waals surface area contributed by atoms with Crippen LogP contribution in [0.3, 0.4) is 0 Å². The lowest BCUT2D eigenvalue weighted by molar-refractivity contribution is 1.18. The molecule has 0 N–H and O–H groups in total. The molecular formula is C52H32N2S. The summed E-state index contributed by atoms with van der Waals surface area (Å²) in [5.41, 5.74) is 12.1. The molecule has 0 spiro atoms. The molecule has 0 aliphatic carbocycles. The van der Waals surface area contributed by atoms with Crippen molar-refractivity contribution in [1.82, 2.24) is 9.13 Å². The maximum Gasteiger partial charge on any atom is 0.0619 e. The van der Waals surface area contributed by atoms with Crippen LogP contribution in [0.15, 0.2) is 194 Å². The third-order valence-corrected chi connectivity index (χ3v) is 12.6. The molecule has 3 aromatic heterocycles. The van der Waals surface area contributed by atoms with Gasteiger partial charge in [-0.05, 0) is 88.3 Å².